The zero-order chi connectivity index (χ0) is 11.9. The smallest absolute Gasteiger partial charge is 0.0205 e. The summed E-state index contributed by atoms with van der Waals surface area (Å²) in [6, 6.07) is 9.63. The normalized spacial score (nSPS) is 15.1. The first-order valence-corrected chi connectivity index (χ1v) is 6.85. The molecule has 2 rings (SSSR count). The lowest BCUT2D eigenvalue weighted by atomic mass is 10.0. The first-order valence-electron chi connectivity index (χ1n) is 6.85. The highest BCUT2D eigenvalue weighted by Gasteiger charge is 2.19. The van der Waals surface area contributed by atoms with Crippen molar-refractivity contribution in [3.05, 3.63) is 35.4 Å². The zero-order valence-corrected chi connectivity index (χ0v) is 10.8. The summed E-state index contributed by atoms with van der Waals surface area (Å²) in [5.74, 6) is 0. The van der Waals surface area contributed by atoms with Crippen LogP contribution in [-0.2, 0) is 13.0 Å². The number of benzene rings is 1. The molecule has 0 aromatic heterocycles. The van der Waals surface area contributed by atoms with Crippen LogP contribution >= 0.6 is 0 Å². The van der Waals surface area contributed by atoms with Crippen LogP contribution in [0.3, 0.4) is 0 Å². The van der Waals surface area contributed by atoms with E-state index in [0.29, 0.717) is 0 Å². The van der Waals surface area contributed by atoms with Gasteiger partial charge in [0.15, 0.2) is 0 Å². The van der Waals surface area contributed by atoms with Crippen LogP contribution in [-0.4, -0.2) is 19.6 Å². The minimum Gasteiger partial charge on any atom is -0.316 e. The molecule has 0 heterocycles. The molecule has 0 unspecified atom stereocenters. The molecule has 0 amide bonds. The number of hydrogen-bond acceptors (Lipinski definition) is 2. The third-order valence-electron chi connectivity index (χ3n) is 3.37. The van der Waals surface area contributed by atoms with E-state index in [2.05, 4.69) is 34.9 Å². The van der Waals surface area contributed by atoms with Crippen molar-refractivity contribution in [1.29, 1.82) is 0 Å². The Bertz CT molecular complexity index is 331. The average molecular weight is 232 g/mol. The lowest BCUT2D eigenvalue weighted by molar-refractivity contribution is 0.618. The van der Waals surface area contributed by atoms with Gasteiger partial charge in [0.05, 0.1) is 0 Å². The molecule has 17 heavy (non-hydrogen) atoms. The molecule has 0 spiro atoms. The topological polar surface area (TPSA) is 24.1 Å². The summed E-state index contributed by atoms with van der Waals surface area (Å²) in [6.07, 6.45) is 6.59. The maximum Gasteiger partial charge on any atom is 0.0205 e. The van der Waals surface area contributed by atoms with Crippen LogP contribution in [0.4, 0.5) is 0 Å². The molecule has 2 heteroatoms. The molecular weight excluding hydrogens is 208 g/mol. The second kappa shape index (κ2) is 6.77. The third kappa shape index (κ3) is 4.49. The van der Waals surface area contributed by atoms with Crippen LogP contribution in [0.2, 0.25) is 0 Å². The largest absolute Gasteiger partial charge is 0.316 e. The Morgan fingerprint density at radius 1 is 1.12 bits per heavy atom. The highest BCUT2D eigenvalue weighted by Crippen LogP contribution is 2.18. The predicted molar refractivity (Wildman–Crippen MR) is 73.2 cm³/mol. The summed E-state index contributed by atoms with van der Waals surface area (Å²) in [4.78, 5) is 0. The van der Waals surface area contributed by atoms with Crippen LogP contribution in [0, 0.1) is 0 Å². The highest BCUT2D eigenvalue weighted by atomic mass is 14.9. The number of unbranched alkanes of at least 4 members (excludes halogenated alkanes) is 1. The summed E-state index contributed by atoms with van der Waals surface area (Å²) in [5, 5.41) is 6.81. The number of hydrogen-bond donors (Lipinski definition) is 2. The fourth-order valence-corrected chi connectivity index (χ4v) is 2.20. The van der Waals surface area contributed by atoms with Gasteiger partial charge in [0.2, 0.25) is 0 Å². The molecule has 1 saturated carbocycles. The SMILES string of the molecule is CNCc1ccccc1CCCCNC1CC1. The predicted octanol–water partition coefficient (Wildman–Crippen LogP) is 2.48. The van der Waals surface area contributed by atoms with Gasteiger partial charge in [-0.15, -0.1) is 0 Å². The molecule has 1 aromatic carbocycles. The Morgan fingerprint density at radius 2 is 1.88 bits per heavy atom. The quantitative estimate of drug-likeness (QED) is 0.673. The summed E-state index contributed by atoms with van der Waals surface area (Å²) in [7, 11) is 2.01. The molecule has 0 saturated heterocycles. The minimum atomic E-state index is 0.853. The second-order valence-electron chi connectivity index (χ2n) is 4.98. The van der Waals surface area contributed by atoms with Crippen molar-refractivity contribution in [2.24, 2.45) is 0 Å². The molecule has 2 nitrogen and oxygen atoms in total. The van der Waals surface area contributed by atoms with Crippen molar-refractivity contribution in [1.82, 2.24) is 10.6 Å². The Balaban J connectivity index is 1.69. The minimum absolute atomic E-state index is 0.853. The van der Waals surface area contributed by atoms with Gasteiger partial charge in [0, 0.05) is 12.6 Å². The molecule has 0 atom stereocenters. The third-order valence-corrected chi connectivity index (χ3v) is 3.37. The van der Waals surface area contributed by atoms with E-state index in [-0.39, 0.29) is 0 Å². The van der Waals surface area contributed by atoms with E-state index in [1.54, 1.807) is 0 Å². The molecule has 1 aliphatic rings. The van der Waals surface area contributed by atoms with Crippen molar-refractivity contribution in [2.75, 3.05) is 13.6 Å². The Labute approximate surface area is 105 Å². The van der Waals surface area contributed by atoms with Crippen molar-refractivity contribution in [2.45, 2.75) is 44.7 Å². The number of aryl methyl sites for hydroxylation is 1. The van der Waals surface area contributed by atoms with Gasteiger partial charge >= 0.3 is 0 Å². The van der Waals surface area contributed by atoms with Gasteiger partial charge in [-0.05, 0) is 56.8 Å². The molecule has 0 bridgehead atoms. The first-order chi connectivity index (χ1) is 8.40. The lowest BCUT2D eigenvalue weighted by Gasteiger charge is -2.09. The Kier molecular flexibility index (Phi) is 5.02. The Hall–Kier alpha value is -0.860. The van der Waals surface area contributed by atoms with Crippen molar-refractivity contribution < 1.29 is 0 Å². The van der Waals surface area contributed by atoms with Gasteiger partial charge in [-0.1, -0.05) is 24.3 Å². The molecule has 1 fully saturated rings. The van der Waals surface area contributed by atoms with Crippen LogP contribution in [0.15, 0.2) is 24.3 Å². The fourth-order valence-electron chi connectivity index (χ4n) is 2.20. The summed E-state index contributed by atoms with van der Waals surface area (Å²) in [5.41, 5.74) is 2.96. The van der Waals surface area contributed by atoms with E-state index in [0.717, 1.165) is 12.6 Å². The summed E-state index contributed by atoms with van der Waals surface area (Å²) in [6.45, 7) is 2.18. The van der Waals surface area contributed by atoms with E-state index in [4.69, 9.17) is 0 Å². The molecule has 1 aliphatic carbocycles. The van der Waals surface area contributed by atoms with Crippen LogP contribution in [0.25, 0.3) is 0 Å². The average Bonchev–Trinajstić information content (AvgIpc) is 3.15. The lowest BCUT2D eigenvalue weighted by Crippen LogP contribution is -2.17. The van der Waals surface area contributed by atoms with Gasteiger partial charge in [-0.3, -0.25) is 0 Å². The van der Waals surface area contributed by atoms with Gasteiger partial charge in [0.25, 0.3) is 0 Å². The van der Waals surface area contributed by atoms with Gasteiger partial charge in [0.1, 0.15) is 0 Å². The molecule has 0 aliphatic heterocycles. The molecular formula is C15H24N2. The first kappa shape index (κ1) is 12.6. The zero-order valence-electron chi connectivity index (χ0n) is 10.8. The maximum absolute atomic E-state index is 3.57. The standard InChI is InChI=1S/C15H24N2/c1-16-12-14-8-3-2-6-13(14)7-4-5-11-17-15-9-10-15/h2-3,6,8,15-17H,4-5,7,9-12H2,1H3. The van der Waals surface area contributed by atoms with Crippen molar-refractivity contribution in [3.8, 4) is 0 Å². The van der Waals surface area contributed by atoms with Gasteiger partial charge in [-0.2, -0.15) is 0 Å². The van der Waals surface area contributed by atoms with Gasteiger partial charge < -0.3 is 10.6 Å². The van der Waals surface area contributed by atoms with Crippen molar-refractivity contribution >= 4 is 0 Å². The molecule has 0 radical (unpaired) electrons. The van der Waals surface area contributed by atoms with Crippen LogP contribution in [0.1, 0.15) is 36.8 Å². The summed E-state index contributed by atoms with van der Waals surface area (Å²) < 4.78 is 0. The van der Waals surface area contributed by atoms with E-state index in [9.17, 15) is 0 Å². The van der Waals surface area contributed by atoms with Gasteiger partial charge in [-0.25, -0.2) is 0 Å². The maximum atomic E-state index is 3.57. The molecule has 94 valence electrons. The number of nitrogens with one attached hydrogen (secondary N) is 2. The van der Waals surface area contributed by atoms with E-state index >= 15 is 0 Å². The van der Waals surface area contributed by atoms with E-state index < -0.39 is 0 Å². The second-order valence-corrected chi connectivity index (χ2v) is 4.98. The van der Waals surface area contributed by atoms with Crippen molar-refractivity contribution in [3.63, 3.8) is 0 Å². The Morgan fingerprint density at radius 3 is 2.59 bits per heavy atom. The van der Waals surface area contributed by atoms with Crippen LogP contribution in [0.5, 0.6) is 0 Å². The molecule has 2 N–H and O–H groups in total. The van der Waals surface area contributed by atoms with E-state index in [1.807, 2.05) is 7.05 Å². The monoisotopic (exact) mass is 232 g/mol. The number of rotatable bonds is 8. The fraction of sp³-hybridized carbons (Fsp3) is 0.600. The van der Waals surface area contributed by atoms with Crippen LogP contribution < -0.4 is 10.6 Å². The molecule has 1 aromatic rings. The summed E-state index contributed by atoms with van der Waals surface area (Å²) >= 11 is 0. The highest BCUT2D eigenvalue weighted by molar-refractivity contribution is 5.27. The van der Waals surface area contributed by atoms with E-state index in [1.165, 1.54) is 49.8 Å².